The third kappa shape index (κ3) is 4.07. The Hall–Kier alpha value is -3.58. The minimum Gasteiger partial charge on any atom is -0.505 e. The zero-order chi connectivity index (χ0) is 24.7. The smallest absolute Gasteiger partial charge is 0.299 e. The first kappa shape index (κ1) is 23.6. The number of rotatable bonds is 6. The van der Waals surface area contributed by atoms with Gasteiger partial charge in [-0.1, -0.05) is 36.4 Å². The van der Waals surface area contributed by atoms with E-state index in [0.717, 1.165) is 43.2 Å². The highest BCUT2D eigenvalue weighted by Crippen LogP contribution is 2.45. The standard InChI is InChI=1S/C22H19N3O7S2/c1-31-33(27,28)15-10-14-11-19(34(29,30)32-2)21(22(26)20(14)17(23)12-15)25-24-18-9-5-7-13-6-3-4-8-16(13)18/h3-12,26H,23H2,1-2H3. The molecule has 0 radical (unpaired) electrons. The van der Waals surface area contributed by atoms with Crippen molar-refractivity contribution in [2.45, 2.75) is 9.79 Å². The summed E-state index contributed by atoms with van der Waals surface area (Å²) >= 11 is 0. The van der Waals surface area contributed by atoms with Crippen molar-refractivity contribution >= 4 is 58.8 Å². The van der Waals surface area contributed by atoms with Gasteiger partial charge in [0.2, 0.25) is 0 Å². The molecular weight excluding hydrogens is 482 g/mol. The lowest BCUT2D eigenvalue weighted by molar-refractivity contribution is 0.397. The van der Waals surface area contributed by atoms with Crippen molar-refractivity contribution in [1.29, 1.82) is 0 Å². The van der Waals surface area contributed by atoms with E-state index in [0.29, 0.717) is 5.69 Å². The van der Waals surface area contributed by atoms with E-state index >= 15 is 0 Å². The van der Waals surface area contributed by atoms with Crippen LogP contribution in [0.2, 0.25) is 0 Å². The van der Waals surface area contributed by atoms with Crippen LogP contribution in [0.5, 0.6) is 5.75 Å². The molecule has 3 N–H and O–H groups in total. The molecule has 12 heteroatoms. The highest BCUT2D eigenvalue weighted by atomic mass is 32.2. The number of anilines is 1. The zero-order valence-electron chi connectivity index (χ0n) is 18.0. The van der Waals surface area contributed by atoms with E-state index in [1.165, 1.54) is 0 Å². The Balaban J connectivity index is 2.01. The molecule has 0 spiro atoms. The average molecular weight is 502 g/mol. The maximum Gasteiger partial charge on any atom is 0.299 e. The van der Waals surface area contributed by atoms with Gasteiger partial charge < -0.3 is 10.8 Å². The molecule has 176 valence electrons. The third-order valence-electron chi connectivity index (χ3n) is 5.18. The Bertz CT molecular complexity index is 1680. The highest BCUT2D eigenvalue weighted by Gasteiger charge is 2.26. The molecule has 0 aliphatic rings. The summed E-state index contributed by atoms with van der Waals surface area (Å²) in [6, 6.07) is 16.1. The van der Waals surface area contributed by atoms with E-state index in [1.807, 2.05) is 30.3 Å². The molecule has 4 rings (SSSR count). The molecule has 34 heavy (non-hydrogen) atoms. The van der Waals surface area contributed by atoms with Crippen molar-refractivity contribution in [2.75, 3.05) is 20.0 Å². The summed E-state index contributed by atoms with van der Waals surface area (Å²) in [5.41, 5.74) is 5.92. The van der Waals surface area contributed by atoms with E-state index in [1.54, 1.807) is 12.1 Å². The number of fused-ring (bicyclic) bond motifs is 2. The molecule has 0 aliphatic carbocycles. The van der Waals surface area contributed by atoms with Crippen molar-refractivity contribution in [3.63, 3.8) is 0 Å². The summed E-state index contributed by atoms with van der Waals surface area (Å²) in [6.45, 7) is 0. The molecular formula is C22H19N3O7S2. The first-order valence-corrected chi connectivity index (χ1v) is 12.5. The maximum absolute atomic E-state index is 12.7. The summed E-state index contributed by atoms with van der Waals surface area (Å²) in [5.74, 6) is -0.601. The molecule has 0 aromatic heterocycles. The summed E-state index contributed by atoms with van der Waals surface area (Å²) in [5, 5.41) is 20.9. The molecule has 0 saturated carbocycles. The van der Waals surface area contributed by atoms with Crippen molar-refractivity contribution in [3.8, 4) is 5.75 Å². The summed E-state index contributed by atoms with van der Waals surface area (Å²) in [6.07, 6.45) is 0. The molecule has 0 fully saturated rings. The molecule has 0 heterocycles. The summed E-state index contributed by atoms with van der Waals surface area (Å²) in [7, 11) is -6.61. The fourth-order valence-electron chi connectivity index (χ4n) is 3.51. The van der Waals surface area contributed by atoms with Crippen LogP contribution in [-0.4, -0.2) is 36.2 Å². The summed E-state index contributed by atoms with van der Waals surface area (Å²) in [4.78, 5) is -0.833. The number of aromatic hydroxyl groups is 1. The Kier molecular flexibility index (Phi) is 6.00. The maximum atomic E-state index is 12.7. The number of hydrogen-bond donors (Lipinski definition) is 2. The quantitative estimate of drug-likeness (QED) is 0.224. The third-order valence-corrected chi connectivity index (χ3v) is 7.72. The molecule has 0 aliphatic heterocycles. The predicted molar refractivity (Wildman–Crippen MR) is 127 cm³/mol. The van der Waals surface area contributed by atoms with E-state index in [9.17, 15) is 21.9 Å². The van der Waals surface area contributed by atoms with Gasteiger partial charge in [0.15, 0.2) is 5.75 Å². The monoisotopic (exact) mass is 501 g/mol. The van der Waals surface area contributed by atoms with Gasteiger partial charge in [-0.15, -0.1) is 10.2 Å². The van der Waals surface area contributed by atoms with Gasteiger partial charge in [0.1, 0.15) is 10.6 Å². The Morgan fingerprint density at radius 2 is 1.50 bits per heavy atom. The lowest BCUT2D eigenvalue weighted by Gasteiger charge is -2.13. The first-order valence-electron chi connectivity index (χ1n) is 9.69. The second kappa shape index (κ2) is 8.65. The largest absolute Gasteiger partial charge is 0.505 e. The van der Waals surface area contributed by atoms with Crippen LogP contribution < -0.4 is 5.73 Å². The molecule has 0 saturated heterocycles. The minimum atomic E-state index is -4.39. The fourth-order valence-corrected chi connectivity index (χ4v) is 5.07. The Labute approximate surface area is 195 Å². The number of nitrogen functional groups attached to an aromatic ring is 1. The lowest BCUT2D eigenvalue weighted by Crippen LogP contribution is -2.06. The van der Waals surface area contributed by atoms with Crippen LogP contribution >= 0.6 is 0 Å². The van der Waals surface area contributed by atoms with Gasteiger partial charge in [-0.05, 0) is 35.0 Å². The molecule has 0 amide bonds. The molecule has 4 aromatic rings. The van der Waals surface area contributed by atoms with Crippen molar-refractivity contribution < 1.29 is 30.3 Å². The second-order valence-electron chi connectivity index (χ2n) is 7.12. The van der Waals surface area contributed by atoms with Crippen LogP contribution in [0.3, 0.4) is 0 Å². The molecule has 0 atom stereocenters. The van der Waals surface area contributed by atoms with Crippen LogP contribution in [-0.2, 0) is 28.6 Å². The molecule has 10 nitrogen and oxygen atoms in total. The van der Waals surface area contributed by atoms with Crippen LogP contribution in [0.25, 0.3) is 21.5 Å². The number of benzene rings is 4. The molecule has 0 unspecified atom stereocenters. The highest BCUT2D eigenvalue weighted by molar-refractivity contribution is 7.87. The van der Waals surface area contributed by atoms with Crippen molar-refractivity contribution in [3.05, 3.63) is 60.7 Å². The van der Waals surface area contributed by atoms with Crippen LogP contribution in [0.15, 0.2) is 80.7 Å². The number of azo groups is 1. The first-order chi connectivity index (χ1) is 16.1. The Morgan fingerprint density at radius 1 is 0.824 bits per heavy atom. The van der Waals surface area contributed by atoms with Gasteiger partial charge in [0.25, 0.3) is 20.2 Å². The minimum absolute atomic E-state index is 0.00280. The average Bonchev–Trinajstić information content (AvgIpc) is 2.82. The van der Waals surface area contributed by atoms with Crippen LogP contribution in [0, 0.1) is 0 Å². The normalized spacial score (nSPS) is 12.6. The van der Waals surface area contributed by atoms with Crippen LogP contribution in [0.4, 0.5) is 17.1 Å². The number of phenols is 1. The number of nitrogens with two attached hydrogens (primary N) is 1. The van der Waals surface area contributed by atoms with Gasteiger partial charge in [-0.2, -0.15) is 16.8 Å². The fraction of sp³-hybridized carbons (Fsp3) is 0.0909. The van der Waals surface area contributed by atoms with E-state index < -0.39 is 36.6 Å². The number of hydrogen-bond acceptors (Lipinski definition) is 10. The topological polar surface area (TPSA) is 158 Å². The van der Waals surface area contributed by atoms with Crippen molar-refractivity contribution in [1.82, 2.24) is 0 Å². The predicted octanol–water partition coefficient (Wildman–Crippen LogP) is 4.37. The molecule has 4 aromatic carbocycles. The lowest BCUT2D eigenvalue weighted by atomic mass is 10.1. The Morgan fingerprint density at radius 3 is 2.21 bits per heavy atom. The van der Waals surface area contributed by atoms with Gasteiger partial charge in [0, 0.05) is 16.5 Å². The number of nitrogens with zero attached hydrogens (tertiary/aromatic N) is 2. The van der Waals surface area contributed by atoms with E-state index in [-0.39, 0.29) is 21.4 Å². The number of phenolic OH excluding ortho intramolecular Hbond substituents is 1. The van der Waals surface area contributed by atoms with Gasteiger partial charge in [-0.3, -0.25) is 8.37 Å². The summed E-state index contributed by atoms with van der Waals surface area (Å²) < 4.78 is 58.7. The van der Waals surface area contributed by atoms with Gasteiger partial charge in [0.05, 0.1) is 24.8 Å². The zero-order valence-corrected chi connectivity index (χ0v) is 19.6. The van der Waals surface area contributed by atoms with Gasteiger partial charge >= 0.3 is 0 Å². The van der Waals surface area contributed by atoms with Gasteiger partial charge in [-0.25, -0.2) is 0 Å². The van der Waals surface area contributed by atoms with Crippen LogP contribution in [0.1, 0.15) is 0 Å². The second-order valence-corrected chi connectivity index (χ2v) is 10.5. The van der Waals surface area contributed by atoms with E-state index in [2.05, 4.69) is 18.6 Å². The SMILES string of the molecule is COS(=O)(=O)c1cc(N)c2c(O)c(N=Nc3cccc4ccccc34)c(S(=O)(=O)OC)cc2c1. The van der Waals surface area contributed by atoms with Crippen molar-refractivity contribution in [2.24, 2.45) is 10.2 Å². The van der Waals surface area contributed by atoms with E-state index in [4.69, 9.17) is 5.73 Å². The molecule has 0 bridgehead atoms.